The van der Waals surface area contributed by atoms with Crippen LogP contribution < -0.4 is 0 Å². The van der Waals surface area contributed by atoms with Crippen molar-refractivity contribution < 1.29 is 19.9 Å². The van der Waals surface area contributed by atoms with Crippen LogP contribution in [0.5, 0.6) is 0 Å². The highest BCUT2D eigenvalue weighted by Crippen LogP contribution is 2.26. The molecule has 0 bridgehead atoms. The smallest absolute Gasteiger partial charge is 0.335 e. The molecule has 0 aliphatic heterocycles. The molecule has 20 heavy (non-hydrogen) atoms. The quantitative estimate of drug-likeness (QED) is 0.658. The number of non-ortho nitro benzene ring substituents is 1. The molecule has 2 aromatic rings. The summed E-state index contributed by atoms with van der Waals surface area (Å²) in [5.41, 5.74) is 1.39. The van der Waals surface area contributed by atoms with Crippen LogP contribution >= 0.6 is 0 Å². The highest BCUT2D eigenvalue weighted by molar-refractivity contribution is 5.90. The average molecular weight is 273 g/mol. The van der Waals surface area contributed by atoms with E-state index in [0.717, 1.165) is 6.07 Å². The summed E-state index contributed by atoms with van der Waals surface area (Å²) in [5.74, 6) is -1.22. The second-order valence-electron chi connectivity index (χ2n) is 4.19. The van der Waals surface area contributed by atoms with Crippen LogP contribution in [0.3, 0.4) is 0 Å². The van der Waals surface area contributed by atoms with Crippen LogP contribution in [-0.2, 0) is 6.61 Å². The molecule has 0 heterocycles. The minimum Gasteiger partial charge on any atom is -0.478 e. The number of nitro groups is 1. The molecule has 0 radical (unpaired) electrons. The zero-order chi connectivity index (χ0) is 14.7. The van der Waals surface area contributed by atoms with Gasteiger partial charge in [0.1, 0.15) is 0 Å². The highest BCUT2D eigenvalue weighted by atomic mass is 16.6. The van der Waals surface area contributed by atoms with Gasteiger partial charge in [-0.15, -0.1) is 0 Å². The molecule has 0 atom stereocenters. The van der Waals surface area contributed by atoms with E-state index in [4.69, 9.17) is 10.2 Å². The summed E-state index contributed by atoms with van der Waals surface area (Å²) in [6.45, 7) is -0.102. The van der Waals surface area contributed by atoms with Crippen molar-refractivity contribution in [2.75, 3.05) is 0 Å². The van der Waals surface area contributed by atoms with E-state index in [9.17, 15) is 14.9 Å². The van der Waals surface area contributed by atoms with Gasteiger partial charge < -0.3 is 10.2 Å². The largest absolute Gasteiger partial charge is 0.478 e. The van der Waals surface area contributed by atoms with Crippen molar-refractivity contribution in [3.63, 3.8) is 0 Å². The van der Waals surface area contributed by atoms with Gasteiger partial charge >= 0.3 is 5.97 Å². The number of hydrogen-bond donors (Lipinski definition) is 2. The molecule has 6 nitrogen and oxygen atoms in total. The monoisotopic (exact) mass is 273 g/mol. The zero-order valence-electron chi connectivity index (χ0n) is 10.3. The molecule has 2 rings (SSSR count). The number of nitrogens with zero attached hydrogens (tertiary/aromatic N) is 1. The third kappa shape index (κ3) is 2.81. The summed E-state index contributed by atoms with van der Waals surface area (Å²) < 4.78 is 0. The lowest BCUT2D eigenvalue weighted by Gasteiger charge is -2.05. The third-order valence-corrected chi connectivity index (χ3v) is 2.85. The molecular weight excluding hydrogens is 262 g/mol. The van der Waals surface area contributed by atoms with Crippen molar-refractivity contribution in [3.8, 4) is 11.1 Å². The van der Waals surface area contributed by atoms with Gasteiger partial charge in [-0.3, -0.25) is 10.1 Å². The second kappa shape index (κ2) is 5.50. The Hall–Kier alpha value is -2.73. The Kier molecular flexibility index (Phi) is 3.76. The fourth-order valence-corrected chi connectivity index (χ4v) is 1.81. The van der Waals surface area contributed by atoms with Crippen LogP contribution in [0, 0.1) is 10.1 Å². The molecule has 0 aromatic heterocycles. The first-order valence-electron chi connectivity index (χ1n) is 5.74. The highest BCUT2D eigenvalue weighted by Gasteiger charge is 2.14. The lowest BCUT2D eigenvalue weighted by molar-refractivity contribution is -0.384. The summed E-state index contributed by atoms with van der Waals surface area (Å²) in [5, 5.41) is 28.8. The number of aliphatic hydroxyl groups excluding tert-OH is 1. The summed E-state index contributed by atoms with van der Waals surface area (Å²) >= 11 is 0. The van der Waals surface area contributed by atoms with E-state index in [1.165, 1.54) is 12.1 Å². The van der Waals surface area contributed by atoms with Gasteiger partial charge in [0.25, 0.3) is 5.69 Å². The predicted octanol–water partition coefficient (Wildman–Crippen LogP) is 2.45. The summed E-state index contributed by atoms with van der Waals surface area (Å²) in [6, 6.07) is 10.4. The van der Waals surface area contributed by atoms with E-state index in [2.05, 4.69) is 0 Å². The minimum atomic E-state index is -1.22. The number of aliphatic hydroxyl groups is 1. The maximum absolute atomic E-state index is 11.0. The van der Waals surface area contributed by atoms with E-state index in [1.807, 2.05) is 0 Å². The first kappa shape index (κ1) is 13.7. The van der Waals surface area contributed by atoms with Gasteiger partial charge in [-0.1, -0.05) is 24.3 Å². The number of hydrogen-bond acceptors (Lipinski definition) is 4. The van der Waals surface area contributed by atoms with E-state index in [-0.39, 0.29) is 17.9 Å². The third-order valence-electron chi connectivity index (χ3n) is 2.85. The van der Waals surface area contributed by atoms with Crippen molar-refractivity contribution in [2.45, 2.75) is 6.61 Å². The molecule has 0 unspecified atom stereocenters. The number of nitro benzene ring substituents is 1. The molecule has 0 aliphatic rings. The number of benzene rings is 2. The lowest BCUT2D eigenvalue weighted by atomic mass is 10.0. The fourth-order valence-electron chi connectivity index (χ4n) is 1.81. The molecule has 0 saturated heterocycles. The Morgan fingerprint density at radius 2 is 1.75 bits per heavy atom. The standard InChI is InChI=1S/C14H11NO5/c16-8-9-1-3-10(4-2-9)11-5-12(14(17)18)7-13(6-11)15(19)20/h1-7,16H,8H2,(H,17,18). The van der Waals surface area contributed by atoms with Crippen molar-refractivity contribution >= 4 is 11.7 Å². The molecule has 2 N–H and O–H groups in total. The lowest BCUT2D eigenvalue weighted by Crippen LogP contribution is -1.99. The maximum atomic E-state index is 11.0. The normalized spacial score (nSPS) is 10.2. The van der Waals surface area contributed by atoms with Gasteiger partial charge in [0, 0.05) is 12.1 Å². The molecule has 102 valence electrons. The van der Waals surface area contributed by atoms with Gasteiger partial charge in [0.15, 0.2) is 0 Å². The van der Waals surface area contributed by atoms with Gasteiger partial charge in [-0.2, -0.15) is 0 Å². The first-order valence-corrected chi connectivity index (χ1v) is 5.74. The molecular formula is C14H11NO5. The van der Waals surface area contributed by atoms with Crippen molar-refractivity contribution in [1.29, 1.82) is 0 Å². The average Bonchev–Trinajstić information content (AvgIpc) is 2.46. The molecule has 0 aliphatic carbocycles. The molecule has 6 heteroatoms. The Balaban J connectivity index is 2.53. The topological polar surface area (TPSA) is 101 Å². The molecule has 0 amide bonds. The van der Waals surface area contributed by atoms with Gasteiger partial charge in [0.2, 0.25) is 0 Å². The Morgan fingerprint density at radius 3 is 2.25 bits per heavy atom. The Bertz CT molecular complexity index is 632. The maximum Gasteiger partial charge on any atom is 0.335 e. The van der Waals surface area contributed by atoms with Crippen LogP contribution in [0.2, 0.25) is 0 Å². The summed E-state index contributed by atoms with van der Waals surface area (Å²) in [4.78, 5) is 21.2. The van der Waals surface area contributed by atoms with Crippen LogP contribution in [0.4, 0.5) is 5.69 Å². The number of aromatic carboxylic acids is 1. The molecule has 0 saturated carbocycles. The molecule has 0 fully saturated rings. The van der Waals surface area contributed by atoms with E-state index >= 15 is 0 Å². The summed E-state index contributed by atoms with van der Waals surface area (Å²) in [6.07, 6.45) is 0. The SMILES string of the molecule is O=C(O)c1cc(-c2ccc(CO)cc2)cc([N+](=O)[O-])c1. The number of carboxylic acids is 1. The van der Waals surface area contributed by atoms with Crippen molar-refractivity contribution in [1.82, 2.24) is 0 Å². The first-order chi connectivity index (χ1) is 9.51. The molecule has 2 aromatic carbocycles. The van der Waals surface area contributed by atoms with Gasteiger partial charge in [-0.05, 0) is 22.8 Å². The van der Waals surface area contributed by atoms with E-state index in [1.54, 1.807) is 24.3 Å². The van der Waals surface area contributed by atoms with Crippen molar-refractivity contribution in [2.24, 2.45) is 0 Å². The zero-order valence-corrected chi connectivity index (χ0v) is 10.3. The van der Waals surface area contributed by atoms with Crippen molar-refractivity contribution in [3.05, 3.63) is 63.7 Å². The predicted molar refractivity (Wildman–Crippen MR) is 71.4 cm³/mol. The summed E-state index contributed by atoms with van der Waals surface area (Å²) in [7, 11) is 0. The van der Waals surface area contributed by atoms with Gasteiger partial charge in [0.05, 0.1) is 17.1 Å². The van der Waals surface area contributed by atoms with Gasteiger partial charge in [-0.25, -0.2) is 4.79 Å². The minimum absolute atomic E-state index is 0.102. The number of carboxylic acid groups (broad SMARTS) is 1. The fraction of sp³-hybridized carbons (Fsp3) is 0.0714. The number of rotatable bonds is 4. The van der Waals surface area contributed by atoms with E-state index < -0.39 is 10.9 Å². The Labute approximate surface area is 114 Å². The van der Waals surface area contributed by atoms with E-state index in [0.29, 0.717) is 16.7 Å². The van der Waals surface area contributed by atoms with Crippen LogP contribution in [0.25, 0.3) is 11.1 Å². The molecule has 0 spiro atoms. The van der Waals surface area contributed by atoms with Crippen LogP contribution in [0.1, 0.15) is 15.9 Å². The van der Waals surface area contributed by atoms with Crippen LogP contribution in [0.15, 0.2) is 42.5 Å². The Morgan fingerprint density at radius 1 is 1.10 bits per heavy atom. The second-order valence-corrected chi connectivity index (χ2v) is 4.19. The number of carbonyl (C=O) groups is 1. The van der Waals surface area contributed by atoms with Crippen LogP contribution in [-0.4, -0.2) is 21.1 Å².